The molecular formula is C23H29FN2O3. The Morgan fingerprint density at radius 1 is 1.21 bits per heavy atom. The third kappa shape index (κ3) is 6.92. The van der Waals surface area contributed by atoms with Crippen LogP contribution in [0.4, 0.5) is 4.39 Å². The second-order valence-corrected chi connectivity index (χ2v) is 7.70. The highest BCUT2D eigenvalue weighted by Crippen LogP contribution is 2.19. The first-order valence-corrected chi connectivity index (χ1v) is 10.0. The number of benzene rings is 2. The largest absolute Gasteiger partial charge is 0.390 e. The summed E-state index contributed by atoms with van der Waals surface area (Å²) in [6.07, 6.45) is 0.00239. The lowest BCUT2D eigenvalue weighted by atomic mass is 10.0. The molecule has 5 nitrogen and oxygen atoms in total. The maximum atomic E-state index is 13.6. The fourth-order valence-electron chi connectivity index (χ4n) is 3.37. The monoisotopic (exact) mass is 400 g/mol. The number of rotatable bonds is 10. The lowest BCUT2D eigenvalue weighted by Gasteiger charge is -2.27. The summed E-state index contributed by atoms with van der Waals surface area (Å²) < 4.78 is 19.1. The van der Waals surface area contributed by atoms with Gasteiger partial charge in [-0.2, -0.15) is 0 Å². The molecule has 0 aliphatic carbocycles. The molecule has 0 bridgehead atoms. The van der Waals surface area contributed by atoms with Crippen LogP contribution in [-0.4, -0.2) is 53.7 Å². The molecule has 0 spiro atoms. The molecule has 2 aromatic rings. The fourth-order valence-corrected chi connectivity index (χ4v) is 3.37. The van der Waals surface area contributed by atoms with Gasteiger partial charge in [0.25, 0.3) is 0 Å². The summed E-state index contributed by atoms with van der Waals surface area (Å²) >= 11 is 0. The third-order valence-corrected chi connectivity index (χ3v) is 4.69. The SMILES string of the molecule is CC(C)OC[C@@H](O)CN(Cc1cccc(F)c1)C[C@H]1CC(c2ccccc2)=NO1. The van der Waals surface area contributed by atoms with Gasteiger partial charge in [-0.3, -0.25) is 4.90 Å². The molecule has 6 heteroatoms. The first kappa shape index (κ1) is 21.4. The average Bonchev–Trinajstić information content (AvgIpc) is 3.15. The Morgan fingerprint density at radius 2 is 2.00 bits per heavy atom. The Labute approximate surface area is 171 Å². The lowest BCUT2D eigenvalue weighted by molar-refractivity contribution is -0.0194. The number of aliphatic hydroxyl groups is 1. The van der Waals surface area contributed by atoms with Crippen LogP contribution < -0.4 is 0 Å². The van der Waals surface area contributed by atoms with Crippen molar-refractivity contribution in [3.63, 3.8) is 0 Å². The molecule has 3 rings (SSSR count). The van der Waals surface area contributed by atoms with E-state index < -0.39 is 6.10 Å². The van der Waals surface area contributed by atoms with Crippen molar-refractivity contribution in [3.05, 3.63) is 71.5 Å². The Balaban J connectivity index is 1.61. The number of nitrogens with zero attached hydrogens (tertiary/aromatic N) is 2. The van der Waals surface area contributed by atoms with Crippen LogP contribution >= 0.6 is 0 Å². The highest BCUT2D eigenvalue weighted by Gasteiger charge is 2.25. The molecule has 0 aromatic heterocycles. The first-order chi connectivity index (χ1) is 14.0. The van der Waals surface area contributed by atoms with Crippen LogP contribution in [0.25, 0.3) is 0 Å². The standard InChI is InChI=1S/C23H29FN2O3/c1-17(2)28-16-21(27)14-26(13-18-7-6-10-20(24)11-18)15-22-12-23(25-29-22)19-8-4-3-5-9-19/h3-11,17,21-22,27H,12-16H2,1-2H3/t21-,22+/m0/s1. The fraction of sp³-hybridized carbons (Fsp3) is 0.435. The second kappa shape index (κ2) is 10.5. The van der Waals surface area contributed by atoms with Crippen LogP contribution in [-0.2, 0) is 16.1 Å². The van der Waals surface area contributed by atoms with E-state index in [1.54, 1.807) is 6.07 Å². The predicted molar refractivity (Wildman–Crippen MR) is 111 cm³/mol. The van der Waals surface area contributed by atoms with Gasteiger partial charge in [-0.25, -0.2) is 4.39 Å². The summed E-state index contributed by atoms with van der Waals surface area (Å²) in [5.41, 5.74) is 2.83. The maximum absolute atomic E-state index is 13.6. The molecule has 1 heterocycles. The summed E-state index contributed by atoms with van der Waals surface area (Å²) in [6, 6.07) is 16.5. The molecule has 0 amide bonds. The number of hydrogen-bond acceptors (Lipinski definition) is 5. The van der Waals surface area contributed by atoms with Crippen molar-refractivity contribution in [3.8, 4) is 0 Å². The minimum absolute atomic E-state index is 0.0568. The van der Waals surface area contributed by atoms with Gasteiger partial charge >= 0.3 is 0 Å². The zero-order chi connectivity index (χ0) is 20.6. The van der Waals surface area contributed by atoms with Crippen LogP contribution in [0.5, 0.6) is 0 Å². The van der Waals surface area contributed by atoms with Gasteiger partial charge in [0.15, 0.2) is 0 Å². The zero-order valence-electron chi connectivity index (χ0n) is 17.0. The van der Waals surface area contributed by atoms with Gasteiger partial charge in [0.1, 0.15) is 11.9 Å². The lowest BCUT2D eigenvalue weighted by Crippen LogP contribution is -2.39. The van der Waals surface area contributed by atoms with Gasteiger partial charge in [0.05, 0.1) is 24.5 Å². The molecule has 2 atom stereocenters. The Morgan fingerprint density at radius 3 is 2.72 bits per heavy atom. The van der Waals surface area contributed by atoms with Crippen LogP contribution in [0.3, 0.4) is 0 Å². The van der Waals surface area contributed by atoms with E-state index in [0.29, 0.717) is 26.1 Å². The van der Waals surface area contributed by atoms with Gasteiger partial charge < -0.3 is 14.7 Å². The van der Waals surface area contributed by atoms with E-state index in [4.69, 9.17) is 9.57 Å². The molecule has 1 aliphatic heterocycles. The Bertz CT molecular complexity index is 798. The molecule has 0 radical (unpaired) electrons. The summed E-state index contributed by atoms with van der Waals surface area (Å²) in [6.45, 7) is 5.63. The number of halogens is 1. The van der Waals surface area contributed by atoms with Gasteiger partial charge in [0.2, 0.25) is 0 Å². The molecule has 2 aromatic carbocycles. The Hall–Kier alpha value is -2.28. The first-order valence-electron chi connectivity index (χ1n) is 10.0. The van der Waals surface area contributed by atoms with Gasteiger partial charge in [-0.1, -0.05) is 47.6 Å². The van der Waals surface area contributed by atoms with Crippen LogP contribution in [0.2, 0.25) is 0 Å². The number of aliphatic hydroxyl groups excluding tert-OH is 1. The molecule has 156 valence electrons. The normalized spacial score (nSPS) is 17.4. The maximum Gasteiger partial charge on any atom is 0.145 e. The van der Waals surface area contributed by atoms with E-state index in [0.717, 1.165) is 16.8 Å². The van der Waals surface area contributed by atoms with E-state index in [2.05, 4.69) is 10.1 Å². The quantitative estimate of drug-likeness (QED) is 0.662. The smallest absolute Gasteiger partial charge is 0.145 e. The molecular weight excluding hydrogens is 371 g/mol. The van der Waals surface area contributed by atoms with Crippen molar-refractivity contribution in [2.24, 2.45) is 5.16 Å². The molecule has 1 aliphatic rings. The van der Waals surface area contributed by atoms with Crippen molar-refractivity contribution in [2.45, 2.75) is 45.1 Å². The Kier molecular flexibility index (Phi) is 7.75. The van der Waals surface area contributed by atoms with Crippen molar-refractivity contribution < 1.29 is 19.1 Å². The van der Waals surface area contributed by atoms with Crippen molar-refractivity contribution in [1.82, 2.24) is 4.90 Å². The summed E-state index contributed by atoms with van der Waals surface area (Å²) in [7, 11) is 0. The van der Waals surface area contributed by atoms with Crippen LogP contribution in [0.15, 0.2) is 59.8 Å². The average molecular weight is 400 g/mol. The summed E-state index contributed by atoms with van der Waals surface area (Å²) in [4.78, 5) is 7.72. The van der Waals surface area contributed by atoms with Crippen LogP contribution in [0.1, 0.15) is 31.4 Å². The number of hydrogen-bond donors (Lipinski definition) is 1. The minimum Gasteiger partial charge on any atom is -0.390 e. The number of oxime groups is 1. The second-order valence-electron chi connectivity index (χ2n) is 7.70. The molecule has 29 heavy (non-hydrogen) atoms. The van der Waals surface area contributed by atoms with E-state index in [1.807, 2.05) is 50.2 Å². The topological polar surface area (TPSA) is 54.3 Å². The van der Waals surface area contributed by atoms with Gasteiger partial charge in [0, 0.05) is 26.1 Å². The zero-order valence-corrected chi connectivity index (χ0v) is 17.0. The molecule has 0 fully saturated rings. The van der Waals surface area contributed by atoms with Gasteiger partial charge in [-0.15, -0.1) is 0 Å². The van der Waals surface area contributed by atoms with Gasteiger partial charge in [-0.05, 0) is 37.1 Å². The minimum atomic E-state index is -0.637. The molecule has 0 unspecified atom stereocenters. The van der Waals surface area contributed by atoms with Crippen LogP contribution in [0, 0.1) is 5.82 Å². The number of ether oxygens (including phenoxy) is 1. The van der Waals surface area contributed by atoms with Crippen molar-refractivity contribution in [2.75, 3.05) is 19.7 Å². The van der Waals surface area contributed by atoms with E-state index >= 15 is 0 Å². The molecule has 0 saturated heterocycles. The van der Waals surface area contributed by atoms with Crippen molar-refractivity contribution >= 4 is 5.71 Å². The third-order valence-electron chi connectivity index (χ3n) is 4.69. The molecule has 0 saturated carbocycles. The molecule has 1 N–H and O–H groups in total. The predicted octanol–water partition coefficient (Wildman–Crippen LogP) is 3.61. The highest BCUT2D eigenvalue weighted by atomic mass is 19.1. The van der Waals surface area contributed by atoms with Crippen molar-refractivity contribution in [1.29, 1.82) is 0 Å². The summed E-state index contributed by atoms with van der Waals surface area (Å²) in [5, 5.41) is 14.6. The summed E-state index contributed by atoms with van der Waals surface area (Å²) in [5.74, 6) is -0.266. The van der Waals surface area contributed by atoms with E-state index in [-0.39, 0.29) is 24.6 Å². The van der Waals surface area contributed by atoms with E-state index in [1.165, 1.54) is 12.1 Å². The highest BCUT2D eigenvalue weighted by molar-refractivity contribution is 6.01. The van der Waals surface area contributed by atoms with E-state index in [9.17, 15) is 9.50 Å².